The van der Waals surface area contributed by atoms with Crippen molar-refractivity contribution in [1.82, 2.24) is 9.13 Å². The van der Waals surface area contributed by atoms with Crippen LogP contribution in [-0.4, -0.2) is 9.13 Å². The number of rotatable bonds is 5. The molecule has 8 aromatic carbocycles. The minimum absolute atomic E-state index is 0.485. The zero-order valence-electron chi connectivity index (χ0n) is 30.8. The van der Waals surface area contributed by atoms with Gasteiger partial charge in [0.1, 0.15) is 6.07 Å². The summed E-state index contributed by atoms with van der Waals surface area (Å²) in [7, 11) is 0. The van der Waals surface area contributed by atoms with Crippen molar-refractivity contribution in [3.63, 3.8) is 0 Å². The van der Waals surface area contributed by atoms with Crippen molar-refractivity contribution >= 4 is 49.3 Å². The Morgan fingerprint density at radius 1 is 0.397 bits per heavy atom. The summed E-state index contributed by atoms with van der Waals surface area (Å²) in [6.07, 6.45) is 0. The maximum atomic E-state index is 11.1. The zero-order valence-corrected chi connectivity index (χ0v) is 30.8. The van der Waals surface area contributed by atoms with Gasteiger partial charge in [0.25, 0.3) is 0 Å². The zero-order chi connectivity index (χ0) is 39.3. The lowest BCUT2D eigenvalue weighted by atomic mass is 9.97. The number of para-hydroxylation sites is 2. The van der Waals surface area contributed by atoms with Crippen molar-refractivity contribution in [2.75, 3.05) is 0 Å². The highest BCUT2D eigenvalue weighted by atomic mass is 15.0. The first kappa shape index (κ1) is 33.9. The summed E-state index contributed by atoms with van der Waals surface area (Å²) in [5, 5.41) is 34.8. The predicted molar refractivity (Wildman–Crippen MR) is 232 cm³/mol. The van der Waals surface area contributed by atoms with E-state index in [1.54, 1.807) is 6.07 Å². The molecule has 10 rings (SSSR count). The van der Waals surface area contributed by atoms with Crippen molar-refractivity contribution in [2.45, 2.75) is 0 Å². The Bertz CT molecular complexity index is 3480. The Balaban J connectivity index is 1.29. The second kappa shape index (κ2) is 13.6. The first-order chi connectivity index (χ1) is 28.6. The van der Waals surface area contributed by atoms with E-state index < -0.39 is 0 Å². The van der Waals surface area contributed by atoms with Crippen LogP contribution in [0.2, 0.25) is 0 Å². The van der Waals surface area contributed by atoms with Gasteiger partial charge in [-0.25, -0.2) is 4.85 Å². The lowest BCUT2D eigenvalue weighted by Gasteiger charge is -2.19. The van der Waals surface area contributed by atoms with Crippen LogP contribution >= 0.6 is 0 Å². The van der Waals surface area contributed by atoms with Gasteiger partial charge < -0.3 is 9.13 Å². The molecule has 2 aromatic heterocycles. The van der Waals surface area contributed by atoms with Crippen LogP contribution in [0.4, 0.5) is 5.69 Å². The smallest absolute Gasteiger partial charge is 0.187 e. The lowest BCUT2D eigenvalue weighted by molar-refractivity contribution is 1.14. The molecule has 10 aromatic rings. The van der Waals surface area contributed by atoms with E-state index >= 15 is 0 Å². The maximum absolute atomic E-state index is 11.1. The highest BCUT2D eigenvalue weighted by molar-refractivity contribution is 6.12. The summed E-state index contributed by atoms with van der Waals surface area (Å²) in [6, 6.07) is 63.4. The Labute approximate surface area is 334 Å². The molecule has 6 heteroatoms. The van der Waals surface area contributed by atoms with Crippen molar-refractivity contribution < 1.29 is 0 Å². The summed E-state index contributed by atoms with van der Waals surface area (Å²) in [5.41, 5.74) is 13.2. The normalized spacial score (nSPS) is 11.0. The summed E-state index contributed by atoms with van der Waals surface area (Å²) >= 11 is 0. The number of nitriles is 3. The molecule has 0 unspecified atom stereocenters. The molecule has 0 N–H and O–H groups in total. The van der Waals surface area contributed by atoms with Crippen LogP contribution in [0.3, 0.4) is 0 Å². The molecule has 0 radical (unpaired) electrons. The van der Waals surface area contributed by atoms with Crippen LogP contribution in [0.5, 0.6) is 0 Å². The Kier molecular flexibility index (Phi) is 7.92. The average molecular weight is 737 g/mol. The Hall–Kier alpha value is -8.68. The summed E-state index contributed by atoms with van der Waals surface area (Å²) < 4.78 is 4.41. The van der Waals surface area contributed by atoms with E-state index in [0.29, 0.717) is 28.1 Å². The van der Waals surface area contributed by atoms with Gasteiger partial charge in [-0.3, -0.25) is 0 Å². The molecule has 0 saturated carbocycles. The molecule has 0 atom stereocenters. The van der Waals surface area contributed by atoms with Crippen LogP contribution < -0.4 is 0 Å². The average Bonchev–Trinajstić information content (AvgIpc) is 3.80. The second-order valence-electron chi connectivity index (χ2n) is 14.2. The van der Waals surface area contributed by atoms with Crippen LogP contribution in [-0.2, 0) is 0 Å². The molecule has 0 fully saturated rings. The summed E-state index contributed by atoms with van der Waals surface area (Å²) in [5.74, 6) is 0. The number of hydrogen-bond donors (Lipinski definition) is 0. The number of fused-ring (bicyclic) bond motifs is 6. The molecular weight excluding hydrogens is 709 g/mol. The lowest BCUT2D eigenvalue weighted by Crippen LogP contribution is -2.04. The fourth-order valence-corrected chi connectivity index (χ4v) is 8.31. The van der Waals surface area contributed by atoms with Crippen molar-refractivity contribution in [3.05, 3.63) is 198 Å². The van der Waals surface area contributed by atoms with Gasteiger partial charge in [-0.1, -0.05) is 109 Å². The van der Waals surface area contributed by atoms with Crippen molar-refractivity contribution in [3.8, 4) is 63.0 Å². The molecule has 266 valence electrons. The van der Waals surface area contributed by atoms with Crippen molar-refractivity contribution in [1.29, 1.82) is 15.8 Å². The fraction of sp³-hybridized carbons (Fsp3) is 0. The molecule has 2 heterocycles. The van der Waals surface area contributed by atoms with E-state index in [1.165, 1.54) is 0 Å². The van der Waals surface area contributed by atoms with E-state index in [4.69, 9.17) is 6.57 Å². The summed E-state index contributed by atoms with van der Waals surface area (Å²) in [4.78, 5) is 3.58. The van der Waals surface area contributed by atoms with Crippen LogP contribution in [0, 0.1) is 40.6 Å². The highest BCUT2D eigenvalue weighted by Gasteiger charge is 2.22. The van der Waals surface area contributed by atoms with Gasteiger partial charge >= 0.3 is 0 Å². The van der Waals surface area contributed by atoms with Gasteiger partial charge in [-0.05, 0) is 88.5 Å². The topological polar surface area (TPSA) is 85.6 Å². The quantitative estimate of drug-likeness (QED) is 0.165. The van der Waals surface area contributed by atoms with E-state index in [-0.39, 0.29) is 0 Å². The molecule has 0 saturated heterocycles. The monoisotopic (exact) mass is 736 g/mol. The molecule has 0 spiro atoms. The van der Waals surface area contributed by atoms with Crippen LogP contribution in [0.15, 0.2) is 170 Å². The van der Waals surface area contributed by atoms with E-state index in [1.807, 2.05) is 97.1 Å². The molecule has 0 amide bonds. The largest absolute Gasteiger partial charge is 0.309 e. The number of nitrogens with zero attached hydrogens (tertiary/aromatic N) is 6. The van der Waals surface area contributed by atoms with E-state index in [9.17, 15) is 15.8 Å². The van der Waals surface area contributed by atoms with E-state index in [0.717, 1.165) is 82.7 Å². The first-order valence-corrected chi connectivity index (χ1v) is 18.7. The minimum Gasteiger partial charge on any atom is -0.309 e. The number of hydrogen-bond acceptors (Lipinski definition) is 3. The number of benzene rings is 8. The first-order valence-electron chi connectivity index (χ1n) is 18.7. The van der Waals surface area contributed by atoms with Crippen molar-refractivity contribution in [2.24, 2.45) is 0 Å². The van der Waals surface area contributed by atoms with Gasteiger partial charge in [0.15, 0.2) is 5.69 Å². The Morgan fingerprint density at radius 3 is 1.50 bits per heavy atom. The second-order valence-corrected chi connectivity index (χ2v) is 14.2. The van der Waals surface area contributed by atoms with Gasteiger partial charge in [0, 0.05) is 27.1 Å². The fourth-order valence-electron chi connectivity index (χ4n) is 8.31. The number of aromatic nitrogens is 2. The van der Waals surface area contributed by atoms with Gasteiger partial charge in [-0.2, -0.15) is 15.8 Å². The predicted octanol–water partition coefficient (Wildman–Crippen LogP) is 13.0. The van der Waals surface area contributed by atoms with Crippen LogP contribution in [0.1, 0.15) is 16.7 Å². The molecule has 0 bridgehead atoms. The Morgan fingerprint density at radius 2 is 0.931 bits per heavy atom. The molecule has 6 nitrogen and oxygen atoms in total. The van der Waals surface area contributed by atoms with Crippen LogP contribution in [0.25, 0.3) is 93.2 Å². The molecular formula is C52H28N6. The molecule has 0 aliphatic heterocycles. The molecule has 58 heavy (non-hydrogen) atoms. The molecule has 0 aliphatic carbocycles. The standard InChI is InChI=1S/C52H28N6/c1-56-41-21-17-36(18-22-41)38-20-24-45-43-10-3-5-12-48(43)58(51(45)27-38)52-28-40(32-55)49(29-46(52)39-8-6-7-34(25-39)31-54)57-47-11-4-2-9-42(47)44-23-19-37(26-50(44)57)35-15-13-33(30-53)14-16-35/h2-29H. The van der Waals surface area contributed by atoms with Gasteiger partial charge in [0.05, 0.1) is 68.8 Å². The van der Waals surface area contributed by atoms with Gasteiger partial charge in [0.2, 0.25) is 0 Å². The van der Waals surface area contributed by atoms with E-state index in [2.05, 4.69) is 98.9 Å². The third-order valence-electron chi connectivity index (χ3n) is 11.0. The highest BCUT2D eigenvalue weighted by Crippen LogP contribution is 2.42. The third kappa shape index (κ3) is 5.38. The SMILES string of the molecule is [C-]#[N+]c1ccc(-c2ccc3c4ccccc4n(-c4cc(C#N)c(-n5c6ccccc6c6ccc(-c7ccc(C#N)cc7)cc65)cc4-c4cccc(C#N)c4)c3c2)cc1. The minimum atomic E-state index is 0.485. The summed E-state index contributed by atoms with van der Waals surface area (Å²) in [6.45, 7) is 7.43. The third-order valence-corrected chi connectivity index (χ3v) is 11.0. The molecule has 0 aliphatic rings. The van der Waals surface area contributed by atoms with Gasteiger partial charge in [-0.15, -0.1) is 0 Å². The maximum Gasteiger partial charge on any atom is 0.187 e.